The molecule has 1 aromatic heterocycles. The molecule has 1 saturated heterocycles. The first-order valence-corrected chi connectivity index (χ1v) is 11.9. The fourth-order valence-electron chi connectivity index (χ4n) is 4.86. The van der Waals surface area contributed by atoms with E-state index in [1.165, 1.54) is 4.90 Å². The average molecular weight is 469 g/mol. The van der Waals surface area contributed by atoms with E-state index in [9.17, 15) is 14.7 Å². The number of aliphatic hydroxyl groups excluding tert-OH is 1. The van der Waals surface area contributed by atoms with Gasteiger partial charge in [-0.05, 0) is 65.4 Å². The largest absolute Gasteiger partial charge is 0.507 e. The number of ether oxygens (including phenoxy) is 1. The van der Waals surface area contributed by atoms with Crippen LogP contribution in [0.1, 0.15) is 60.5 Å². The van der Waals surface area contributed by atoms with E-state index in [2.05, 4.69) is 18.8 Å². The molecule has 0 unspecified atom stereocenters. The Morgan fingerprint density at radius 3 is 2.49 bits per heavy atom. The van der Waals surface area contributed by atoms with Crippen molar-refractivity contribution in [1.82, 2.24) is 9.88 Å². The van der Waals surface area contributed by atoms with Gasteiger partial charge in [-0.3, -0.25) is 14.6 Å². The number of nitrogens with zero attached hydrogens (tertiary/aromatic N) is 2. The minimum absolute atomic E-state index is 0.0628. The van der Waals surface area contributed by atoms with Gasteiger partial charge in [0.1, 0.15) is 17.6 Å². The minimum Gasteiger partial charge on any atom is -0.507 e. The predicted molar refractivity (Wildman–Crippen MR) is 133 cm³/mol. The van der Waals surface area contributed by atoms with Crippen molar-refractivity contribution in [3.8, 4) is 5.75 Å². The molecule has 6 nitrogen and oxygen atoms in total. The number of Topliss-reactive ketones (excluding diaryl/α,β-unsaturated/α-hetero) is 1. The molecule has 0 spiro atoms. The van der Waals surface area contributed by atoms with Crippen LogP contribution >= 0.6 is 0 Å². The second kappa shape index (κ2) is 9.02. The van der Waals surface area contributed by atoms with Gasteiger partial charge in [0.25, 0.3) is 11.7 Å². The normalized spacial score (nSPS) is 20.9. The summed E-state index contributed by atoms with van der Waals surface area (Å²) in [5.74, 6) is -0.337. The third kappa shape index (κ3) is 4.20. The lowest BCUT2D eigenvalue weighted by Gasteiger charge is -2.26. The molecule has 2 aromatic carbocycles. The van der Waals surface area contributed by atoms with Crippen LogP contribution in [-0.2, 0) is 22.6 Å². The summed E-state index contributed by atoms with van der Waals surface area (Å²) in [6, 6.07) is 16.3. The lowest BCUT2D eigenvalue weighted by atomic mass is 9.92. The van der Waals surface area contributed by atoms with Crippen molar-refractivity contribution >= 4 is 17.4 Å². The molecule has 0 bridgehead atoms. The Bertz CT molecular complexity index is 1310. The summed E-state index contributed by atoms with van der Waals surface area (Å²) in [5, 5.41) is 11.4. The van der Waals surface area contributed by atoms with Gasteiger partial charge in [0.2, 0.25) is 0 Å². The number of amides is 1. The fraction of sp³-hybridized carbons (Fsp3) is 0.276. The quantitative estimate of drug-likeness (QED) is 0.318. The number of likely N-dealkylation sites (tertiary alicyclic amines) is 1. The number of hydrogen-bond acceptors (Lipinski definition) is 5. The predicted octanol–water partition coefficient (Wildman–Crippen LogP) is 5.15. The smallest absolute Gasteiger partial charge is 0.295 e. The zero-order valence-corrected chi connectivity index (χ0v) is 20.1. The van der Waals surface area contributed by atoms with Crippen LogP contribution in [0, 0.1) is 0 Å². The van der Waals surface area contributed by atoms with Crippen LogP contribution in [-0.4, -0.2) is 32.8 Å². The summed E-state index contributed by atoms with van der Waals surface area (Å²) >= 11 is 0. The van der Waals surface area contributed by atoms with Crippen LogP contribution in [0.2, 0.25) is 0 Å². The summed E-state index contributed by atoms with van der Waals surface area (Å²) in [6.45, 7) is 6.45. The molecular formula is C29H28N2O4. The van der Waals surface area contributed by atoms with Gasteiger partial charge in [-0.1, -0.05) is 38.1 Å². The van der Waals surface area contributed by atoms with Crippen molar-refractivity contribution in [1.29, 1.82) is 0 Å². The molecule has 0 aliphatic carbocycles. The molecule has 1 amide bonds. The molecule has 2 aliphatic rings. The Balaban J connectivity index is 1.62. The maximum Gasteiger partial charge on any atom is 0.295 e. The zero-order valence-electron chi connectivity index (χ0n) is 20.1. The van der Waals surface area contributed by atoms with Gasteiger partial charge in [0.15, 0.2) is 0 Å². The number of aromatic nitrogens is 1. The molecule has 2 aliphatic heterocycles. The molecule has 1 fully saturated rings. The monoisotopic (exact) mass is 468 g/mol. The topological polar surface area (TPSA) is 79.7 Å². The number of carbonyl (C=O) groups is 2. The summed E-state index contributed by atoms with van der Waals surface area (Å²) in [5.41, 5.74) is 4.38. The summed E-state index contributed by atoms with van der Waals surface area (Å²) < 4.78 is 5.78. The first-order chi connectivity index (χ1) is 16.8. The number of hydrogen-bond donors (Lipinski definition) is 1. The van der Waals surface area contributed by atoms with Crippen molar-refractivity contribution in [3.05, 3.63) is 100 Å². The van der Waals surface area contributed by atoms with E-state index in [4.69, 9.17) is 4.74 Å². The first-order valence-electron chi connectivity index (χ1n) is 11.9. The SMILES string of the molecule is CC(C)c1ccc([C@H]2C(=C(O)c3ccc4c(c3)C[C@@H](C)O4)C(=O)C(=O)N2Cc2ccncc2)cc1. The highest BCUT2D eigenvalue weighted by Gasteiger charge is 2.46. The third-order valence-corrected chi connectivity index (χ3v) is 6.73. The van der Waals surface area contributed by atoms with Crippen LogP contribution in [0.15, 0.2) is 72.6 Å². The summed E-state index contributed by atoms with van der Waals surface area (Å²) in [4.78, 5) is 32.1. The second-order valence-electron chi connectivity index (χ2n) is 9.56. The average Bonchev–Trinajstić information content (AvgIpc) is 3.35. The van der Waals surface area contributed by atoms with Gasteiger partial charge in [-0.2, -0.15) is 0 Å². The van der Waals surface area contributed by atoms with Crippen LogP contribution in [0.4, 0.5) is 0 Å². The van der Waals surface area contributed by atoms with Gasteiger partial charge in [0.05, 0.1) is 11.6 Å². The zero-order chi connectivity index (χ0) is 24.7. The highest BCUT2D eigenvalue weighted by Crippen LogP contribution is 2.41. The summed E-state index contributed by atoms with van der Waals surface area (Å²) in [7, 11) is 0. The molecule has 3 aromatic rings. The van der Waals surface area contributed by atoms with E-state index in [1.807, 2.05) is 55.5 Å². The molecule has 0 saturated carbocycles. The van der Waals surface area contributed by atoms with Crippen molar-refractivity contribution in [3.63, 3.8) is 0 Å². The van der Waals surface area contributed by atoms with Crippen LogP contribution in [0.3, 0.4) is 0 Å². The van der Waals surface area contributed by atoms with E-state index in [1.54, 1.807) is 18.5 Å². The molecule has 6 heteroatoms. The Morgan fingerprint density at radius 1 is 1.09 bits per heavy atom. The van der Waals surface area contributed by atoms with E-state index >= 15 is 0 Å². The standard InChI is InChI=1S/C29H28N2O4/c1-17(2)20-4-6-21(7-5-20)26-25(27(32)22-8-9-24-23(15-22)14-18(3)35-24)28(33)29(34)31(26)16-19-10-12-30-13-11-19/h4-13,15,17-18,26,32H,14,16H2,1-3H3/t18-,26+/m1/s1. The molecular weight excluding hydrogens is 440 g/mol. The van der Waals surface area contributed by atoms with E-state index in [-0.39, 0.29) is 24.0 Å². The first kappa shape index (κ1) is 22.8. The summed E-state index contributed by atoms with van der Waals surface area (Å²) in [6.07, 6.45) is 4.11. The Morgan fingerprint density at radius 2 is 1.80 bits per heavy atom. The lowest BCUT2D eigenvalue weighted by Crippen LogP contribution is -2.29. The second-order valence-corrected chi connectivity index (χ2v) is 9.56. The number of ketones is 1. The van der Waals surface area contributed by atoms with Gasteiger partial charge >= 0.3 is 0 Å². The fourth-order valence-corrected chi connectivity index (χ4v) is 4.86. The van der Waals surface area contributed by atoms with Gasteiger partial charge in [-0.15, -0.1) is 0 Å². The van der Waals surface area contributed by atoms with Crippen LogP contribution in [0.5, 0.6) is 5.75 Å². The maximum atomic E-state index is 13.3. The van der Waals surface area contributed by atoms with Gasteiger partial charge in [-0.25, -0.2) is 0 Å². The lowest BCUT2D eigenvalue weighted by molar-refractivity contribution is -0.140. The Labute approximate surface area is 204 Å². The minimum atomic E-state index is -0.701. The van der Waals surface area contributed by atoms with Crippen molar-refractivity contribution in [2.75, 3.05) is 0 Å². The molecule has 1 N–H and O–H groups in total. The number of fused-ring (bicyclic) bond motifs is 1. The number of pyridine rings is 1. The number of carbonyl (C=O) groups excluding carboxylic acids is 2. The molecule has 178 valence electrons. The molecule has 3 heterocycles. The molecule has 0 radical (unpaired) electrons. The van der Waals surface area contributed by atoms with E-state index in [0.29, 0.717) is 11.5 Å². The molecule has 5 rings (SSSR count). The van der Waals surface area contributed by atoms with Crippen LogP contribution < -0.4 is 4.74 Å². The van der Waals surface area contributed by atoms with E-state index in [0.717, 1.165) is 34.4 Å². The van der Waals surface area contributed by atoms with Crippen molar-refractivity contribution in [2.24, 2.45) is 0 Å². The number of rotatable bonds is 5. The van der Waals surface area contributed by atoms with E-state index < -0.39 is 17.7 Å². The Kier molecular flexibility index (Phi) is 5.89. The van der Waals surface area contributed by atoms with Crippen LogP contribution in [0.25, 0.3) is 5.76 Å². The number of aliphatic hydroxyl groups is 1. The molecule has 35 heavy (non-hydrogen) atoms. The third-order valence-electron chi connectivity index (χ3n) is 6.73. The molecule has 2 atom stereocenters. The van der Waals surface area contributed by atoms with Crippen molar-refractivity contribution in [2.45, 2.75) is 51.8 Å². The van der Waals surface area contributed by atoms with Crippen molar-refractivity contribution < 1.29 is 19.4 Å². The maximum absolute atomic E-state index is 13.3. The highest BCUT2D eigenvalue weighted by atomic mass is 16.5. The Hall–Kier alpha value is -3.93. The van der Waals surface area contributed by atoms with Gasteiger partial charge < -0.3 is 14.7 Å². The highest BCUT2D eigenvalue weighted by molar-refractivity contribution is 6.46. The number of benzene rings is 2. The van der Waals surface area contributed by atoms with Gasteiger partial charge in [0, 0.05) is 30.9 Å².